The molecule has 1 aliphatic heterocycles. The van der Waals surface area contributed by atoms with Crippen LogP contribution in [0.1, 0.15) is 17.9 Å². The molecule has 2 rings (SSSR count). The first-order valence-corrected chi connectivity index (χ1v) is 6.20. The number of piperazine rings is 1. The average Bonchev–Trinajstić information content (AvgIpc) is 2.74. The van der Waals surface area contributed by atoms with E-state index in [1.54, 1.807) is 0 Å². The van der Waals surface area contributed by atoms with Crippen LogP contribution in [-0.2, 0) is 11.3 Å². The molecule has 1 aliphatic rings. The van der Waals surface area contributed by atoms with Crippen LogP contribution in [0.15, 0.2) is 10.8 Å². The number of hydrogen-bond acceptors (Lipinski definition) is 5. The minimum absolute atomic E-state index is 0.225. The summed E-state index contributed by atoms with van der Waals surface area (Å²) >= 11 is 0. The first kappa shape index (κ1) is 13.0. The molecule has 0 unspecified atom stereocenters. The van der Waals surface area contributed by atoms with E-state index in [2.05, 4.69) is 14.8 Å². The lowest BCUT2D eigenvalue weighted by molar-refractivity contribution is -0.137. The summed E-state index contributed by atoms with van der Waals surface area (Å²) < 4.78 is 5.18. The van der Waals surface area contributed by atoms with Gasteiger partial charge in [-0.25, -0.2) is 4.98 Å². The number of oxazole rings is 1. The van der Waals surface area contributed by atoms with E-state index < -0.39 is 5.97 Å². The number of aromatic nitrogens is 1. The minimum Gasteiger partial charge on any atom is -0.481 e. The van der Waals surface area contributed by atoms with Crippen LogP contribution in [0.5, 0.6) is 0 Å². The molecule has 1 aromatic heterocycles. The standard InChI is InChI=1S/C12H19N3O3/c1-10-11(13-9-18-10)8-15-6-4-14(5-7-15)3-2-12(16)17/h9H,2-8H2,1H3,(H,16,17). The van der Waals surface area contributed by atoms with E-state index >= 15 is 0 Å². The van der Waals surface area contributed by atoms with Crippen LogP contribution in [0.2, 0.25) is 0 Å². The van der Waals surface area contributed by atoms with Crippen molar-refractivity contribution in [3.63, 3.8) is 0 Å². The van der Waals surface area contributed by atoms with Gasteiger partial charge >= 0.3 is 5.97 Å². The monoisotopic (exact) mass is 253 g/mol. The van der Waals surface area contributed by atoms with Gasteiger partial charge in [-0.05, 0) is 6.92 Å². The van der Waals surface area contributed by atoms with Gasteiger partial charge in [0.05, 0.1) is 12.1 Å². The van der Waals surface area contributed by atoms with Crippen molar-refractivity contribution in [2.75, 3.05) is 32.7 Å². The van der Waals surface area contributed by atoms with Gasteiger partial charge in [-0.3, -0.25) is 9.69 Å². The zero-order valence-corrected chi connectivity index (χ0v) is 10.6. The largest absolute Gasteiger partial charge is 0.481 e. The van der Waals surface area contributed by atoms with E-state index in [0.717, 1.165) is 44.2 Å². The Morgan fingerprint density at radius 1 is 1.39 bits per heavy atom. The third kappa shape index (κ3) is 3.54. The molecule has 0 saturated carbocycles. The molecule has 6 heteroatoms. The van der Waals surface area contributed by atoms with Gasteiger partial charge in [-0.2, -0.15) is 0 Å². The molecule has 0 spiro atoms. The normalized spacial score (nSPS) is 18.1. The lowest BCUT2D eigenvalue weighted by Crippen LogP contribution is -2.46. The summed E-state index contributed by atoms with van der Waals surface area (Å²) in [4.78, 5) is 19.2. The second-order valence-electron chi connectivity index (χ2n) is 4.62. The van der Waals surface area contributed by atoms with E-state index in [0.29, 0.717) is 6.54 Å². The highest BCUT2D eigenvalue weighted by molar-refractivity contribution is 5.66. The van der Waals surface area contributed by atoms with Crippen LogP contribution in [0.3, 0.4) is 0 Å². The second-order valence-corrected chi connectivity index (χ2v) is 4.62. The molecule has 0 aromatic carbocycles. The van der Waals surface area contributed by atoms with Crippen molar-refractivity contribution in [2.24, 2.45) is 0 Å². The summed E-state index contributed by atoms with van der Waals surface area (Å²) in [5.74, 6) is 0.152. The molecule has 6 nitrogen and oxygen atoms in total. The maximum atomic E-state index is 10.5. The summed E-state index contributed by atoms with van der Waals surface area (Å²) in [6.45, 7) is 7.12. The van der Waals surface area contributed by atoms with Crippen LogP contribution in [-0.4, -0.2) is 58.6 Å². The van der Waals surface area contributed by atoms with Crippen LogP contribution in [0.25, 0.3) is 0 Å². The first-order chi connectivity index (χ1) is 8.65. The molecule has 1 N–H and O–H groups in total. The van der Waals surface area contributed by atoms with Gasteiger partial charge in [0.2, 0.25) is 0 Å². The molecule has 100 valence electrons. The molecule has 0 bridgehead atoms. The predicted octanol–water partition coefficient (Wildman–Crippen LogP) is 0.575. The Morgan fingerprint density at radius 2 is 2.06 bits per heavy atom. The smallest absolute Gasteiger partial charge is 0.304 e. The SMILES string of the molecule is Cc1ocnc1CN1CCN(CCC(=O)O)CC1. The quantitative estimate of drug-likeness (QED) is 0.827. The van der Waals surface area contributed by atoms with Gasteiger partial charge in [0.15, 0.2) is 6.39 Å². The van der Waals surface area contributed by atoms with Crippen molar-refractivity contribution in [1.82, 2.24) is 14.8 Å². The summed E-state index contributed by atoms with van der Waals surface area (Å²) in [5.41, 5.74) is 0.994. The zero-order chi connectivity index (χ0) is 13.0. The molecule has 1 saturated heterocycles. The molecule has 0 atom stereocenters. The summed E-state index contributed by atoms with van der Waals surface area (Å²) in [7, 11) is 0. The van der Waals surface area contributed by atoms with Gasteiger partial charge in [0.25, 0.3) is 0 Å². The Morgan fingerprint density at radius 3 is 2.61 bits per heavy atom. The Bertz CT molecular complexity index is 397. The molecule has 0 radical (unpaired) electrons. The zero-order valence-electron chi connectivity index (χ0n) is 10.6. The number of carboxylic acid groups (broad SMARTS) is 1. The number of carbonyl (C=O) groups is 1. The van der Waals surface area contributed by atoms with Crippen LogP contribution in [0.4, 0.5) is 0 Å². The van der Waals surface area contributed by atoms with E-state index in [1.165, 1.54) is 6.39 Å². The number of hydrogen-bond donors (Lipinski definition) is 1. The predicted molar refractivity (Wildman–Crippen MR) is 65.2 cm³/mol. The molecule has 1 fully saturated rings. The number of aryl methyl sites for hydroxylation is 1. The van der Waals surface area contributed by atoms with E-state index in [4.69, 9.17) is 9.52 Å². The molecule has 2 heterocycles. The number of aliphatic carboxylic acids is 1. The van der Waals surface area contributed by atoms with Crippen molar-refractivity contribution in [1.29, 1.82) is 0 Å². The highest BCUT2D eigenvalue weighted by atomic mass is 16.4. The van der Waals surface area contributed by atoms with E-state index in [-0.39, 0.29) is 6.42 Å². The fourth-order valence-electron chi connectivity index (χ4n) is 2.12. The molecule has 0 amide bonds. The Hall–Kier alpha value is -1.40. The molecular weight excluding hydrogens is 234 g/mol. The average molecular weight is 253 g/mol. The Labute approximate surface area is 106 Å². The second kappa shape index (κ2) is 5.97. The Kier molecular flexibility index (Phi) is 4.33. The summed E-state index contributed by atoms with van der Waals surface area (Å²) in [5, 5.41) is 8.64. The van der Waals surface area contributed by atoms with E-state index in [1.807, 2.05) is 6.92 Å². The first-order valence-electron chi connectivity index (χ1n) is 6.20. The molecule has 18 heavy (non-hydrogen) atoms. The maximum absolute atomic E-state index is 10.5. The highest BCUT2D eigenvalue weighted by Gasteiger charge is 2.18. The number of rotatable bonds is 5. The van der Waals surface area contributed by atoms with Crippen molar-refractivity contribution in [2.45, 2.75) is 19.9 Å². The third-order valence-corrected chi connectivity index (χ3v) is 3.32. The van der Waals surface area contributed by atoms with Crippen LogP contribution in [0, 0.1) is 6.92 Å². The van der Waals surface area contributed by atoms with Crippen molar-refractivity contribution in [3.05, 3.63) is 17.8 Å². The third-order valence-electron chi connectivity index (χ3n) is 3.32. The van der Waals surface area contributed by atoms with Crippen LogP contribution >= 0.6 is 0 Å². The van der Waals surface area contributed by atoms with Gasteiger partial charge in [-0.1, -0.05) is 0 Å². The van der Waals surface area contributed by atoms with Gasteiger partial charge in [-0.15, -0.1) is 0 Å². The number of nitrogens with zero attached hydrogens (tertiary/aromatic N) is 3. The molecular formula is C12H19N3O3. The van der Waals surface area contributed by atoms with Gasteiger partial charge < -0.3 is 14.4 Å². The van der Waals surface area contributed by atoms with Gasteiger partial charge in [0, 0.05) is 39.3 Å². The topological polar surface area (TPSA) is 69.8 Å². The van der Waals surface area contributed by atoms with Gasteiger partial charge in [0.1, 0.15) is 5.76 Å². The summed E-state index contributed by atoms with van der Waals surface area (Å²) in [6.07, 6.45) is 1.70. The fraction of sp³-hybridized carbons (Fsp3) is 0.667. The van der Waals surface area contributed by atoms with Crippen LogP contribution < -0.4 is 0 Å². The number of carboxylic acids is 1. The Balaban J connectivity index is 1.73. The van der Waals surface area contributed by atoms with Crippen molar-refractivity contribution in [3.8, 4) is 0 Å². The minimum atomic E-state index is -0.726. The highest BCUT2D eigenvalue weighted by Crippen LogP contribution is 2.10. The molecule has 0 aliphatic carbocycles. The summed E-state index contributed by atoms with van der Waals surface area (Å²) in [6, 6.07) is 0. The van der Waals surface area contributed by atoms with Crippen molar-refractivity contribution < 1.29 is 14.3 Å². The fourth-order valence-corrected chi connectivity index (χ4v) is 2.12. The lowest BCUT2D eigenvalue weighted by Gasteiger charge is -2.34. The van der Waals surface area contributed by atoms with E-state index in [9.17, 15) is 4.79 Å². The molecule has 1 aromatic rings. The van der Waals surface area contributed by atoms with Crippen molar-refractivity contribution >= 4 is 5.97 Å². The maximum Gasteiger partial charge on any atom is 0.304 e. The lowest BCUT2D eigenvalue weighted by atomic mass is 10.2.